The SMILES string of the molecule is CCCC1C(C)C2CC3CC1C32. The van der Waals surface area contributed by atoms with Crippen LogP contribution >= 0.6 is 0 Å². The standard InChI is InChI=1S/C12H20/c1-3-4-9-7(2)10-5-8-6-11(9)12(8)10/h7-12H,3-6H2,1-2H3. The van der Waals surface area contributed by atoms with Gasteiger partial charge in [-0.05, 0) is 48.3 Å². The Morgan fingerprint density at radius 3 is 2.50 bits per heavy atom. The number of hydrogen-bond donors (Lipinski definition) is 0. The highest BCUT2D eigenvalue weighted by Gasteiger charge is 2.63. The molecule has 3 fully saturated rings. The van der Waals surface area contributed by atoms with Crippen LogP contribution < -0.4 is 0 Å². The highest BCUT2D eigenvalue weighted by molar-refractivity contribution is 5.12. The second-order valence-electron chi connectivity index (χ2n) is 5.45. The Bertz CT molecular complexity index is 190. The fourth-order valence-electron chi connectivity index (χ4n) is 4.59. The van der Waals surface area contributed by atoms with Gasteiger partial charge < -0.3 is 0 Å². The van der Waals surface area contributed by atoms with Crippen LogP contribution in [0.4, 0.5) is 0 Å². The molecule has 0 nitrogen and oxygen atoms in total. The van der Waals surface area contributed by atoms with Crippen LogP contribution in [0.3, 0.4) is 0 Å². The lowest BCUT2D eigenvalue weighted by Crippen LogP contribution is -2.47. The van der Waals surface area contributed by atoms with E-state index in [0.717, 1.165) is 11.8 Å². The summed E-state index contributed by atoms with van der Waals surface area (Å²) in [7, 11) is 0. The van der Waals surface area contributed by atoms with E-state index in [1.807, 2.05) is 0 Å². The van der Waals surface area contributed by atoms with Crippen molar-refractivity contribution in [3.05, 3.63) is 0 Å². The molecule has 0 spiro atoms. The maximum absolute atomic E-state index is 2.53. The lowest BCUT2D eigenvalue weighted by atomic mass is 9.51. The minimum absolute atomic E-state index is 1.08. The van der Waals surface area contributed by atoms with Crippen LogP contribution in [0.2, 0.25) is 0 Å². The molecule has 0 amide bonds. The highest BCUT2D eigenvalue weighted by Crippen LogP contribution is 2.70. The molecule has 0 aliphatic heterocycles. The van der Waals surface area contributed by atoms with Gasteiger partial charge in [0.05, 0.1) is 0 Å². The molecule has 6 unspecified atom stereocenters. The first-order valence-electron chi connectivity index (χ1n) is 5.83. The predicted molar refractivity (Wildman–Crippen MR) is 50.8 cm³/mol. The first-order chi connectivity index (χ1) is 5.83. The van der Waals surface area contributed by atoms with Crippen molar-refractivity contribution in [3.63, 3.8) is 0 Å². The summed E-state index contributed by atoms with van der Waals surface area (Å²) >= 11 is 0. The Kier molecular flexibility index (Phi) is 1.40. The Balaban J connectivity index is 1.77. The molecule has 0 N–H and O–H groups in total. The van der Waals surface area contributed by atoms with Crippen molar-refractivity contribution in [1.29, 1.82) is 0 Å². The van der Waals surface area contributed by atoms with Gasteiger partial charge in [-0.1, -0.05) is 26.7 Å². The average molecular weight is 164 g/mol. The van der Waals surface area contributed by atoms with Crippen molar-refractivity contribution in [2.75, 3.05) is 0 Å². The molecule has 3 aliphatic carbocycles. The van der Waals surface area contributed by atoms with Crippen molar-refractivity contribution >= 4 is 0 Å². The molecule has 0 bridgehead atoms. The third-order valence-electron chi connectivity index (χ3n) is 5.21. The van der Waals surface area contributed by atoms with E-state index in [9.17, 15) is 0 Å². The summed E-state index contributed by atoms with van der Waals surface area (Å²) in [4.78, 5) is 0. The summed E-state index contributed by atoms with van der Waals surface area (Å²) in [5, 5.41) is 0. The van der Waals surface area contributed by atoms with E-state index in [4.69, 9.17) is 0 Å². The van der Waals surface area contributed by atoms with Crippen LogP contribution in [0, 0.1) is 35.5 Å². The Morgan fingerprint density at radius 2 is 1.92 bits per heavy atom. The van der Waals surface area contributed by atoms with Crippen LogP contribution in [-0.2, 0) is 0 Å². The van der Waals surface area contributed by atoms with E-state index < -0.39 is 0 Å². The van der Waals surface area contributed by atoms with E-state index in [0.29, 0.717) is 0 Å². The van der Waals surface area contributed by atoms with Gasteiger partial charge in [0, 0.05) is 0 Å². The van der Waals surface area contributed by atoms with Gasteiger partial charge in [-0.15, -0.1) is 0 Å². The monoisotopic (exact) mass is 164 g/mol. The maximum atomic E-state index is 2.53. The van der Waals surface area contributed by atoms with Gasteiger partial charge in [-0.2, -0.15) is 0 Å². The Morgan fingerprint density at radius 1 is 1.17 bits per heavy atom. The van der Waals surface area contributed by atoms with Crippen LogP contribution in [0.5, 0.6) is 0 Å². The third-order valence-corrected chi connectivity index (χ3v) is 5.21. The molecule has 0 aromatic carbocycles. The van der Waals surface area contributed by atoms with Crippen LogP contribution in [-0.4, -0.2) is 0 Å². The van der Waals surface area contributed by atoms with Gasteiger partial charge in [0.2, 0.25) is 0 Å². The molecule has 0 saturated heterocycles. The molecule has 6 atom stereocenters. The second kappa shape index (κ2) is 2.27. The molecule has 12 heavy (non-hydrogen) atoms. The summed E-state index contributed by atoms with van der Waals surface area (Å²) in [6.07, 6.45) is 6.14. The average Bonchev–Trinajstić information content (AvgIpc) is 2.18. The van der Waals surface area contributed by atoms with E-state index in [1.165, 1.54) is 36.5 Å². The molecule has 0 heteroatoms. The summed E-state index contributed by atoms with van der Waals surface area (Å²) in [5.74, 6) is 6.98. The summed E-state index contributed by atoms with van der Waals surface area (Å²) in [5.41, 5.74) is 0. The summed E-state index contributed by atoms with van der Waals surface area (Å²) in [6.45, 7) is 4.88. The number of rotatable bonds is 2. The van der Waals surface area contributed by atoms with Gasteiger partial charge >= 0.3 is 0 Å². The van der Waals surface area contributed by atoms with E-state index in [1.54, 1.807) is 12.8 Å². The molecule has 0 heterocycles. The van der Waals surface area contributed by atoms with Gasteiger partial charge in [-0.25, -0.2) is 0 Å². The molecule has 68 valence electrons. The predicted octanol–water partition coefficient (Wildman–Crippen LogP) is 3.32. The lowest BCUT2D eigenvalue weighted by molar-refractivity contribution is -0.0531. The van der Waals surface area contributed by atoms with Gasteiger partial charge in [0.15, 0.2) is 0 Å². The molecular weight excluding hydrogens is 144 g/mol. The van der Waals surface area contributed by atoms with Crippen molar-refractivity contribution in [3.8, 4) is 0 Å². The minimum Gasteiger partial charge on any atom is -0.0654 e. The van der Waals surface area contributed by atoms with Crippen molar-refractivity contribution in [2.24, 2.45) is 35.5 Å². The van der Waals surface area contributed by atoms with Crippen LogP contribution in [0.1, 0.15) is 39.5 Å². The Labute approximate surface area is 75.7 Å². The third kappa shape index (κ3) is 0.661. The maximum Gasteiger partial charge on any atom is -0.0323 e. The van der Waals surface area contributed by atoms with Crippen molar-refractivity contribution in [2.45, 2.75) is 39.5 Å². The van der Waals surface area contributed by atoms with E-state index >= 15 is 0 Å². The first kappa shape index (κ1) is 7.41. The first-order valence-corrected chi connectivity index (χ1v) is 5.83. The molecule has 3 saturated carbocycles. The number of hydrogen-bond acceptors (Lipinski definition) is 0. The lowest BCUT2D eigenvalue weighted by Gasteiger charge is -2.54. The summed E-state index contributed by atoms with van der Waals surface area (Å²) in [6, 6.07) is 0. The van der Waals surface area contributed by atoms with Crippen LogP contribution in [0.25, 0.3) is 0 Å². The molecule has 0 radical (unpaired) electrons. The van der Waals surface area contributed by atoms with Crippen LogP contribution in [0.15, 0.2) is 0 Å². The molecule has 0 aromatic rings. The zero-order valence-electron chi connectivity index (χ0n) is 8.29. The normalized spacial score (nSPS) is 60.5. The quantitative estimate of drug-likeness (QED) is 0.587. The smallest absolute Gasteiger partial charge is 0.0323 e. The van der Waals surface area contributed by atoms with E-state index in [-0.39, 0.29) is 0 Å². The zero-order chi connectivity index (χ0) is 8.29. The Hall–Kier alpha value is 0. The van der Waals surface area contributed by atoms with Gasteiger partial charge in [-0.3, -0.25) is 0 Å². The van der Waals surface area contributed by atoms with E-state index in [2.05, 4.69) is 13.8 Å². The molecule has 3 aliphatic rings. The minimum atomic E-state index is 1.08. The van der Waals surface area contributed by atoms with Crippen molar-refractivity contribution < 1.29 is 0 Å². The fraction of sp³-hybridized carbons (Fsp3) is 1.00. The second-order valence-corrected chi connectivity index (χ2v) is 5.45. The van der Waals surface area contributed by atoms with Gasteiger partial charge in [0.1, 0.15) is 0 Å². The largest absolute Gasteiger partial charge is 0.0654 e. The molecule has 3 rings (SSSR count). The topological polar surface area (TPSA) is 0 Å². The fourth-order valence-corrected chi connectivity index (χ4v) is 4.59. The zero-order valence-corrected chi connectivity index (χ0v) is 8.29. The van der Waals surface area contributed by atoms with Crippen molar-refractivity contribution in [1.82, 2.24) is 0 Å². The molecular formula is C12H20. The van der Waals surface area contributed by atoms with Gasteiger partial charge in [0.25, 0.3) is 0 Å². The summed E-state index contributed by atoms with van der Waals surface area (Å²) < 4.78 is 0. The highest BCUT2D eigenvalue weighted by atomic mass is 14.7. The molecule has 0 aromatic heterocycles.